The summed E-state index contributed by atoms with van der Waals surface area (Å²) in [6, 6.07) is 5.67. The normalized spacial score (nSPS) is 10.4. The molecule has 0 bridgehead atoms. The molecule has 2 rings (SSSR count). The fourth-order valence-corrected chi connectivity index (χ4v) is 2.41. The van der Waals surface area contributed by atoms with Crippen LogP contribution in [-0.2, 0) is 4.79 Å². The average Bonchev–Trinajstić information content (AvgIpc) is 2.39. The molecule has 0 aliphatic carbocycles. The van der Waals surface area contributed by atoms with Crippen molar-refractivity contribution in [3.8, 4) is 0 Å². The van der Waals surface area contributed by atoms with Gasteiger partial charge in [-0.25, -0.2) is 14.4 Å². The molecule has 1 heterocycles. The fraction of sp³-hybridized carbons (Fsp3) is 0.154. The van der Waals surface area contributed by atoms with Crippen LogP contribution in [0.1, 0.15) is 5.69 Å². The van der Waals surface area contributed by atoms with Crippen molar-refractivity contribution in [1.29, 1.82) is 0 Å². The number of nitrogens with zero attached hydrogens (tertiary/aromatic N) is 2. The summed E-state index contributed by atoms with van der Waals surface area (Å²) < 4.78 is 13.5. The highest BCUT2D eigenvalue weighted by Crippen LogP contribution is 2.20. The van der Waals surface area contributed by atoms with Crippen molar-refractivity contribution in [2.75, 3.05) is 16.8 Å². The molecule has 0 aliphatic rings. The van der Waals surface area contributed by atoms with Crippen LogP contribution in [0.2, 0.25) is 5.02 Å². The zero-order valence-corrected chi connectivity index (χ0v) is 12.6. The summed E-state index contributed by atoms with van der Waals surface area (Å²) >= 11 is 6.76. The number of carbonyl (C=O) groups excluding carboxylic acids is 1. The number of amides is 1. The third-order valence-electron chi connectivity index (χ3n) is 2.39. The summed E-state index contributed by atoms with van der Waals surface area (Å²) in [7, 11) is 0. The van der Waals surface area contributed by atoms with E-state index in [1.165, 1.54) is 12.1 Å². The van der Waals surface area contributed by atoms with Gasteiger partial charge in [-0.1, -0.05) is 23.4 Å². The van der Waals surface area contributed by atoms with E-state index in [1.807, 2.05) is 0 Å². The third-order valence-corrected chi connectivity index (χ3v) is 3.47. The number of hydrogen-bond acceptors (Lipinski definition) is 5. The van der Waals surface area contributed by atoms with Gasteiger partial charge in [-0.3, -0.25) is 4.79 Å². The Hall–Kier alpha value is -1.86. The number of aromatic nitrogens is 2. The summed E-state index contributed by atoms with van der Waals surface area (Å²) in [6.07, 6.45) is 0. The molecular formula is C13H12ClFN4OS. The maximum absolute atomic E-state index is 13.5. The number of nitrogens with two attached hydrogens (primary N) is 1. The van der Waals surface area contributed by atoms with E-state index < -0.39 is 5.82 Å². The molecule has 3 N–H and O–H groups in total. The Morgan fingerprint density at radius 3 is 2.86 bits per heavy atom. The smallest absolute Gasteiger partial charge is 0.234 e. The predicted molar refractivity (Wildman–Crippen MR) is 81.9 cm³/mol. The molecule has 0 unspecified atom stereocenters. The lowest BCUT2D eigenvalue weighted by molar-refractivity contribution is -0.113. The number of thioether (sulfide) groups is 1. The van der Waals surface area contributed by atoms with Gasteiger partial charge in [0.15, 0.2) is 5.16 Å². The van der Waals surface area contributed by atoms with E-state index in [2.05, 4.69) is 15.3 Å². The van der Waals surface area contributed by atoms with Crippen LogP contribution in [0.15, 0.2) is 29.4 Å². The van der Waals surface area contributed by atoms with E-state index in [4.69, 9.17) is 17.3 Å². The Morgan fingerprint density at radius 1 is 1.43 bits per heavy atom. The van der Waals surface area contributed by atoms with Gasteiger partial charge in [0.1, 0.15) is 11.6 Å². The molecule has 1 aromatic carbocycles. The minimum atomic E-state index is -0.586. The molecule has 2 aromatic rings. The minimum Gasteiger partial charge on any atom is -0.384 e. The van der Waals surface area contributed by atoms with Gasteiger partial charge >= 0.3 is 0 Å². The number of benzene rings is 1. The van der Waals surface area contributed by atoms with E-state index in [0.717, 1.165) is 17.8 Å². The first-order valence-corrected chi connectivity index (χ1v) is 7.29. The first-order chi connectivity index (χ1) is 9.94. The first-order valence-electron chi connectivity index (χ1n) is 5.93. The highest BCUT2D eigenvalue weighted by Gasteiger charge is 2.09. The molecule has 1 amide bonds. The largest absolute Gasteiger partial charge is 0.384 e. The van der Waals surface area contributed by atoms with Crippen LogP contribution in [0.3, 0.4) is 0 Å². The highest BCUT2D eigenvalue weighted by atomic mass is 35.5. The van der Waals surface area contributed by atoms with Gasteiger partial charge in [-0.05, 0) is 25.1 Å². The molecule has 110 valence electrons. The van der Waals surface area contributed by atoms with Crippen LogP contribution < -0.4 is 11.1 Å². The van der Waals surface area contributed by atoms with E-state index in [9.17, 15) is 9.18 Å². The van der Waals surface area contributed by atoms with Crippen molar-refractivity contribution in [3.05, 3.63) is 40.8 Å². The van der Waals surface area contributed by atoms with Gasteiger partial charge in [0, 0.05) is 16.8 Å². The molecule has 0 saturated heterocycles. The Kier molecular flexibility index (Phi) is 4.98. The quantitative estimate of drug-likeness (QED) is 0.667. The molecule has 1 aromatic heterocycles. The fourth-order valence-electron chi connectivity index (χ4n) is 1.54. The standard InChI is InChI=1S/C13H12ClFN4OS/c1-7-4-11(16)19-13(17-7)21-6-12(20)18-10-3-2-8(14)5-9(10)15/h2-5H,6H2,1H3,(H,18,20)(H2,16,17,19). The Morgan fingerprint density at radius 2 is 2.19 bits per heavy atom. The molecule has 0 spiro atoms. The molecular weight excluding hydrogens is 315 g/mol. The lowest BCUT2D eigenvalue weighted by atomic mass is 10.3. The van der Waals surface area contributed by atoms with Crippen molar-refractivity contribution in [2.45, 2.75) is 12.1 Å². The van der Waals surface area contributed by atoms with Crippen molar-refractivity contribution < 1.29 is 9.18 Å². The maximum atomic E-state index is 13.5. The van der Waals surface area contributed by atoms with Crippen LogP contribution in [0, 0.1) is 12.7 Å². The average molecular weight is 327 g/mol. The lowest BCUT2D eigenvalue weighted by Gasteiger charge is -2.06. The zero-order chi connectivity index (χ0) is 15.4. The van der Waals surface area contributed by atoms with Crippen LogP contribution in [0.4, 0.5) is 15.9 Å². The van der Waals surface area contributed by atoms with Gasteiger partial charge in [0.2, 0.25) is 5.91 Å². The van der Waals surface area contributed by atoms with Gasteiger partial charge in [-0.15, -0.1) is 0 Å². The molecule has 0 fully saturated rings. The summed E-state index contributed by atoms with van der Waals surface area (Å²) in [6.45, 7) is 1.78. The molecule has 0 atom stereocenters. The second kappa shape index (κ2) is 6.73. The monoisotopic (exact) mass is 326 g/mol. The highest BCUT2D eigenvalue weighted by molar-refractivity contribution is 7.99. The summed E-state index contributed by atoms with van der Waals surface area (Å²) in [5.74, 6) is -0.568. The molecule has 5 nitrogen and oxygen atoms in total. The second-order valence-electron chi connectivity index (χ2n) is 4.18. The molecule has 0 aliphatic heterocycles. The number of carbonyl (C=O) groups is 1. The van der Waals surface area contributed by atoms with Gasteiger partial charge < -0.3 is 11.1 Å². The third kappa shape index (κ3) is 4.57. The minimum absolute atomic E-state index is 0.0466. The van der Waals surface area contributed by atoms with Gasteiger partial charge in [-0.2, -0.15) is 0 Å². The Balaban J connectivity index is 1.95. The molecule has 0 saturated carbocycles. The van der Waals surface area contributed by atoms with Crippen LogP contribution in [0.5, 0.6) is 0 Å². The van der Waals surface area contributed by atoms with Crippen molar-refractivity contribution in [3.63, 3.8) is 0 Å². The number of nitrogen functional groups attached to an aromatic ring is 1. The van der Waals surface area contributed by atoms with E-state index in [1.54, 1.807) is 13.0 Å². The Labute approximate surface area is 130 Å². The Bertz CT molecular complexity index is 663. The zero-order valence-electron chi connectivity index (χ0n) is 11.1. The SMILES string of the molecule is Cc1cc(N)nc(SCC(=O)Nc2ccc(Cl)cc2F)n1. The van der Waals surface area contributed by atoms with E-state index in [0.29, 0.717) is 16.7 Å². The van der Waals surface area contributed by atoms with E-state index >= 15 is 0 Å². The van der Waals surface area contributed by atoms with Crippen LogP contribution in [0.25, 0.3) is 0 Å². The summed E-state index contributed by atoms with van der Waals surface area (Å²) in [5.41, 5.74) is 6.39. The predicted octanol–water partition coefficient (Wildman–Crippen LogP) is 2.89. The first kappa shape index (κ1) is 15.5. The number of hydrogen-bond donors (Lipinski definition) is 2. The number of anilines is 2. The summed E-state index contributed by atoms with van der Waals surface area (Å²) in [4.78, 5) is 19.9. The van der Waals surface area contributed by atoms with E-state index in [-0.39, 0.29) is 22.4 Å². The number of rotatable bonds is 4. The number of halogens is 2. The van der Waals surface area contributed by atoms with Crippen molar-refractivity contribution in [1.82, 2.24) is 9.97 Å². The van der Waals surface area contributed by atoms with Gasteiger partial charge in [0.05, 0.1) is 11.4 Å². The molecule has 0 radical (unpaired) electrons. The van der Waals surface area contributed by atoms with Crippen LogP contribution >= 0.6 is 23.4 Å². The molecule has 8 heteroatoms. The van der Waals surface area contributed by atoms with Crippen LogP contribution in [-0.4, -0.2) is 21.6 Å². The molecule has 21 heavy (non-hydrogen) atoms. The van der Waals surface area contributed by atoms with Crippen molar-refractivity contribution in [2.24, 2.45) is 0 Å². The number of nitrogens with one attached hydrogen (secondary N) is 1. The van der Waals surface area contributed by atoms with Crippen molar-refractivity contribution >= 4 is 40.8 Å². The lowest BCUT2D eigenvalue weighted by Crippen LogP contribution is -2.15. The maximum Gasteiger partial charge on any atom is 0.234 e. The second-order valence-corrected chi connectivity index (χ2v) is 5.56. The van der Waals surface area contributed by atoms with Gasteiger partial charge in [0.25, 0.3) is 0 Å². The topological polar surface area (TPSA) is 80.9 Å². The number of aryl methyl sites for hydroxylation is 1. The summed E-state index contributed by atoms with van der Waals surface area (Å²) in [5, 5.41) is 3.13.